The van der Waals surface area contributed by atoms with Gasteiger partial charge in [-0.1, -0.05) is 12.1 Å². The molecule has 106 valence electrons. The highest BCUT2D eigenvalue weighted by molar-refractivity contribution is 5.97. The van der Waals surface area contributed by atoms with Crippen molar-refractivity contribution in [3.63, 3.8) is 0 Å². The second-order valence-corrected chi connectivity index (χ2v) is 4.45. The van der Waals surface area contributed by atoms with Gasteiger partial charge in [-0.25, -0.2) is 9.18 Å². The molecule has 0 amide bonds. The fourth-order valence-electron chi connectivity index (χ4n) is 2.09. The van der Waals surface area contributed by atoms with Crippen LogP contribution in [0.5, 0.6) is 11.5 Å². The molecule has 5 heteroatoms. The lowest BCUT2D eigenvalue weighted by Crippen LogP contribution is -2.00. The number of methoxy groups -OCH3 is 1. The number of hydrogen-bond donors (Lipinski definition) is 1. The Morgan fingerprint density at radius 2 is 1.95 bits per heavy atom. The molecule has 4 nitrogen and oxygen atoms in total. The van der Waals surface area contributed by atoms with Crippen LogP contribution in [0.1, 0.15) is 10.5 Å². The zero-order valence-corrected chi connectivity index (χ0v) is 11.2. The summed E-state index contributed by atoms with van der Waals surface area (Å²) < 4.78 is 23.6. The Morgan fingerprint density at radius 3 is 2.71 bits per heavy atom. The summed E-state index contributed by atoms with van der Waals surface area (Å²) in [6.45, 7) is 0. The van der Waals surface area contributed by atoms with E-state index >= 15 is 0 Å². The van der Waals surface area contributed by atoms with Crippen LogP contribution in [0.25, 0.3) is 10.9 Å². The van der Waals surface area contributed by atoms with Crippen LogP contribution in [-0.4, -0.2) is 18.1 Å². The van der Waals surface area contributed by atoms with Crippen LogP contribution >= 0.6 is 0 Å². The minimum Gasteiger partial charge on any atom is -0.464 e. The van der Waals surface area contributed by atoms with Crippen molar-refractivity contribution < 1.29 is 18.7 Å². The fourth-order valence-corrected chi connectivity index (χ4v) is 2.09. The summed E-state index contributed by atoms with van der Waals surface area (Å²) in [5.74, 6) is 0.0970. The molecule has 0 fully saturated rings. The van der Waals surface area contributed by atoms with Gasteiger partial charge in [-0.05, 0) is 30.3 Å². The number of hydrogen-bond acceptors (Lipinski definition) is 3. The van der Waals surface area contributed by atoms with E-state index in [2.05, 4.69) is 9.72 Å². The first kappa shape index (κ1) is 13.2. The molecule has 0 spiro atoms. The Balaban J connectivity index is 2.02. The highest BCUT2D eigenvalue weighted by Crippen LogP contribution is 2.30. The summed E-state index contributed by atoms with van der Waals surface area (Å²) in [5, 5.41) is 0.724. The van der Waals surface area contributed by atoms with E-state index in [1.54, 1.807) is 30.3 Å². The molecular formula is C16H12FNO3. The molecule has 1 aromatic heterocycles. The summed E-state index contributed by atoms with van der Waals surface area (Å²) in [6, 6.07) is 12.9. The molecule has 3 rings (SSSR count). The minimum atomic E-state index is -0.456. The largest absolute Gasteiger partial charge is 0.464 e. The van der Waals surface area contributed by atoms with Crippen molar-refractivity contribution in [2.24, 2.45) is 0 Å². The lowest BCUT2D eigenvalue weighted by molar-refractivity contribution is 0.0595. The number of halogens is 1. The van der Waals surface area contributed by atoms with Crippen LogP contribution in [0.4, 0.5) is 4.39 Å². The third-order valence-electron chi connectivity index (χ3n) is 3.05. The van der Waals surface area contributed by atoms with Crippen molar-refractivity contribution in [3.05, 3.63) is 60.0 Å². The summed E-state index contributed by atoms with van der Waals surface area (Å²) in [5.41, 5.74) is 1.08. The molecule has 0 saturated heterocycles. The topological polar surface area (TPSA) is 51.3 Å². The number of esters is 1. The lowest BCUT2D eigenvalue weighted by atomic mass is 10.2. The molecule has 0 aliphatic carbocycles. The van der Waals surface area contributed by atoms with Gasteiger partial charge in [0.15, 0.2) is 0 Å². The van der Waals surface area contributed by atoms with Gasteiger partial charge in [0.05, 0.1) is 7.11 Å². The minimum absolute atomic E-state index is 0.336. The van der Waals surface area contributed by atoms with Crippen LogP contribution < -0.4 is 4.74 Å². The molecular weight excluding hydrogens is 273 g/mol. The van der Waals surface area contributed by atoms with E-state index in [0.29, 0.717) is 17.2 Å². The number of ether oxygens (including phenoxy) is 2. The number of aromatic nitrogens is 1. The molecule has 0 radical (unpaired) electrons. The molecule has 0 bridgehead atoms. The van der Waals surface area contributed by atoms with Gasteiger partial charge in [-0.2, -0.15) is 0 Å². The maximum atomic E-state index is 13.2. The molecule has 0 unspecified atom stereocenters. The average Bonchev–Trinajstić information content (AvgIpc) is 2.92. The Bertz CT molecular complexity index is 810. The summed E-state index contributed by atoms with van der Waals surface area (Å²) in [6.07, 6.45) is 0. The Kier molecular flexibility index (Phi) is 3.31. The van der Waals surface area contributed by atoms with Crippen molar-refractivity contribution in [1.29, 1.82) is 0 Å². The van der Waals surface area contributed by atoms with Gasteiger partial charge in [-0.3, -0.25) is 0 Å². The van der Waals surface area contributed by atoms with E-state index in [1.807, 2.05) is 6.07 Å². The molecule has 1 heterocycles. The van der Waals surface area contributed by atoms with Crippen molar-refractivity contribution in [3.8, 4) is 11.5 Å². The van der Waals surface area contributed by atoms with E-state index in [0.717, 1.165) is 10.9 Å². The highest BCUT2D eigenvalue weighted by atomic mass is 19.1. The number of carbonyl (C=O) groups excluding carboxylic acids is 1. The monoisotopic (exact) mass is 285 g/mol. The van der Waals surface area contributed by atoms with Crippen LogP contribution in [-0.2, 0) is 4.74 Å². The van der Waals surface area contributed by atoms with Crippen LogP contribution in [0.3, 0.4) is 0 Å². The zero-order chi connectivity index (χ0) is 14.8. The maximum absolute atomic E-state index is 13.2. The van der Waals surface area contributed by atoms with Gasteiger partial charge in [0.1, 0.15) is 23.0 Å². The molecule has 0 aliphatic rings. The van der Waals surface area contributed by atoms with Crippen molar-refractivity contribution in [2.45, 2.75) is 0 Å². The smallest absolute Gasteiger partial charge is 0.354 e. The van der Waals surface area contributed by atoms with Gasteiger partial charge in [0.2, 0.25) is 0 Å². The summed E-state index contributed by atoms with van der Waals surface area (Å²) in [4.78, 5) is 14.5. The Hall–Kier alpha value is -2.82. The molecule has 2 aromatic carbocycles. The quantitative estimate of drug-likeness (QED) is 0.743. The van der Waals surface area contributed by atoms with Gasteiger partial charge >= 0.3 is 5.97 Å². The van der Waals surface area contributed by atoms with Gasteiger partial charge in [0.25, 0.3) is 0 Å². The molecule has 0 atom stereocenters. The highest BCUT2D eigenvalue weighted by Gasteiger charge is 2.12. The van der Waals surface area contributed by atoms with E-state index in [1.165, 1.54) is 19.2 Å². The van der Waals surface area contributed by atoms with E-state index < -0.39 is 5.97 Å². The number of carbonyl (C=O) groups is 1. The molecule has 21 heavy (non-hydrogen) atoms. The first-order valence-corrected chi connectivity index (χ1v) is 6.31. The average molecular weight is 285 g/mol. The van der Waals surface area contributed by atoms with Crippen molar-refractivity contribution in [1.82, 2.24) is 4.98 Å². The first-order valence-electron chi connectivity index (χ1n) is 6.31. The third-order valence-corrected chi connectivity index (χ3v) is 3.05. The van der Waals surface area contributed by atoms with Crippen LogP contribution in [0.2, 0.25) is 0 Å². The first-order chi connectivity index (χ1) is 10.2. The van der Waals surface area contributed by atoms with Gasteiger partial charge in [0, 0.05) is 17.0 Å². The van der Waals surface area contributed by atoms with Crippen LogP contribution in [0.15, 0.2) is 48.5 Å². The van der Waals surface area contributed by atoms with E-state index in [-0.39, 0.29) is 5.82 Å². The lowest BCUT2D eigenvalue weighted by Gasteiger charge is -2.06. The number of nitrogens with one attached hydrogen (secondary N) is 1. The molecule has 1 N–H and O–H groups in total. The number of benzene rings is 2. The SMILES string of the molecule is COC(=O)c1cc2c(Oc3cccc(F)c3)cccc2[nH]1. The zero-order valence-electron chi connectivity index (χ0n) is 11.2. The molecule has 0 aliphatic heterocycles. The van der Waals surface area contributed by atoms with Crippen LogP contribution in [0, 0.1) is 5.82 Å². The Morgan fingerprint density at radius 1 is 1.14 bits per heavy atom. The number of fused-ring (bicyclic) bond motifs is 1. The van der Waals surface area contributed by atoms with E-state index in [4.69, 9.17) is 4.74 Å². The van der Waals surface area contributed by atoms with Crippen molar-refractivity contribution in [2.75, 3.05) is 7.11 Å². The number of rotatable bonds is 3. The second kappa shape index (κ2) is 5.28. The fraction of sp³-hybridized carbons (Fsp3) is 0.0625. The molecule has 3 aromatic rings. The number of H-pyrrole nitrogens is 1. The third kappa shape index (κ3) is 2.58. The maximum Gasteiger partial charge on any atom is 0.354 e. The molecule has 0 saturated carbocycles. The predicted molar refractivity (Wildman–Crippen MR) is 76.1 cm³/mol. The van der Waals surface area contributed by atoms with Gasteiger partial charge < -0.3 is 14.5 Å². The van der Waals surface area contributed by atoms with Crippen molar-refractivity contribution >= 4 is 16.9 Å². The second-order valence-electron chi connectivity index (χ2n) is 4.45. The summed E-state index contributed by atoms with van der Waals surface area (Å²) >= 11 is 0. The summed E-state index contributed by atoms with van der Waals surface area (Å²) in [7, 11) is 1.32. The number of aromatic amines is 1. The van der Waals surface area contributed by atoms with E-state index in [9.17, 15) is 9.18 Å². The normalized spacial score (nSPS) is 10.6. The Labute approximate surface area is 120 Å². The standard InChI is InChI=1S/C16H12FNO3/c1-20-16(19)14-9-12-13(18-14)6-3-7-15(12)21-11-5-2-4-10(17)8-11/h2-9,18H,1H3. The van der Waals surface area contributed by atoms with Gasteiger partial charge in [-0.15, -0.1) is 0 Å². The predicted octanol–water partition coefficient (Wildman–Crippen LogP) is 3.89.